The van der Waals surface area contributed by atoms with E-state index < -0.39 is 0 Å². The molecule has 1 saturated heterocycles. The molecule has 0 spiro atoms. The molecule has 2 heterocycles. The fourth-order valence-corrected chi connectivity index (χ4v) is 3.41. The number of carbonyl (C=O) groups is 2. The average molecular weight is 318 g/mol. The van der Waals surface area contributed by atoms with Crippen LogP contribution < -0.4 is 5.32 Å². The quantitative estimate of drug-likeness (QED) is 0.890. The zero-order valence-electron chi connectivity index (χ0n) is 14.1. The molecule has 2 fully saturated rings. The molecule has 23 heavy (non-hydrogen) atoms. The molecule has 3 rings (SSSR count). The molecule has 2 aliphatic rings. The number of amides is 2. The van der Waals surface area contributed by atoms with Crippen LogP contribution in [0, 0.1) is 11.8 Å². The summed E-state index contributed by atoms with van der Waals surface area (Å²) in [5, 5.41) is 10.1. The lowest BCUT2D eigenvalue weighted by atomic mass is 9.75. The van der Waals surface area contributed by atoms with Gasteiger partial charge in [0.25, 0.3) is 5.91 Å². The lowest BCUT2D eigenvalue weighted by Gasteiger charge is -2.32. The topological polar surface area (TPSA) is 78.1 Å². The van der Waals surface area contributed by atoms with E-state index in [4.69, 9.17) is 0 Å². The monoisotopic (exact) mass is 318 g/mol. The summed E-state index contributed by atoms with van der Waals surface area (Å²) in [5.41, 5.74) is 1.44. The molecule has 1 aromatic heterocycles. The van der Waals surface area contributed by atoms with E-state index in [2.05, 4.69) is 22.4 Å². The number of likely N-dealkylation sites (tertiary alicyclic amines) is 1. The van der Waals surface area contributed by atoms with Gasteiger partial charge in [0, 0.05) is 25.0 Å². The Labute approximate surface area is 137 Å². The first-order chi connectivity index (χ1) is 10.9. The van der Waals surface area contributed by atoms with E-state index in [1.54, 1.807) is 4.90 Å². The number of nitrogens with one attached hydrogen (secondary N) is 2. The molecule has 2 N–H and O–H groups in total. The van der Waals surface area contributed by atoms with Gasteiger partial charge in [-0.1, -0.05) is 20.8 Å². The summed E-state index contributed by atoms with van der Waals surface area (Å²) in [6, 6.07) is 1.91. The lowest BCUT2D eigenvalue weighted by molar-refractivity contribution is -0.129. The van der Waals surface area contributed by atoms with Crippen LogP contribution in [-0.2, 0) is 4.79 Å². The molecule has 0 aromatic carbocycles. The van der Waals surface area contributed by atoms with Gasteiger partial charge < -0.3 is 10.2 Å². The van der Waals surface area contributed by atoms with Crippen molar-refractivity contribution in [2.75, 3.05) is 13.1 Å². The van der Waals surface area contributed by atoms with Gasteiger partial charge in [0.05, 0.1) is 5.69 Å². The van der Waals surface area contributed by atoms with Gasteiger partial charge in [-0.25, -0.2) is 0 Å². The number of aromatic amines is 1. The highest BCUT2D eigenvalue weighted by atomic mass is 16.2. The van der Waals surface area contributed by atoms with Crippen LogP contribution in [0.2, 0.25) is 0 Å². The molecule has 1 saturated carbocycles. The Kier molecular flexibility index (Phi) is 4.41. The normalized spacial score (nSPS) is 27.1. The number of hydrogen-bond acceptors (Lipinski definition) is 3. The van der Waals surface area contributed by atoms with Crippen molar-refractivity contribution in [3.63, 3.8) is 0 Å². The molecule has 2 amide bonds. The Bertz CT molecular complexity index is 589. The number of aromatic nitrogens is 2. The van der Waals surface area contributed by atoms with E-state index >= 15 is 0 Å². The number of carbonyl (C=O) groups excluding carboxylic acids is 2. The van der Waals surface area contributed by atoms with Crippen LogP contribution in [0.1, 0.15) is 62.1 Å². The molecular weight excluding hydrogens is 292 g/mol. The second-order valence-electron chi connectivity index (χ2n) is 7.38. The van der Waals surface area contributed by atoms with Crippen molar-refractivity contribution in [3.8, 4) is 0 Å². The number of hydrogen-bond donors (Lipinski definition) is 2. The summed E-state index contributed by atoms with van der Waals surface area (Å²) >= 11 is 0. The highest BCUT2D eigenvalue weighted by molar-refractivity contribution is 5.92. The van der Waals surface area contributed by atoms with Crippen LogP contribution in [0.4, 0.5) is 0 Å². The molecule has 0 bridgehead atoms. The van der Waals surface area contributed by atoms with Gasteiger partial charge in [-0.2, -0.15) is 5.10 Å². The zero-order valence-corrected chi connectivity index (χ0v) is 14.1. The van der Waals surface area contributed by atoms with E-state index in [1.165, 1.54) is 0 Å². The van der Waals surface area contributed by atoms with Gasteiger partial charge >= 0.3 is 0 Å². The van der Waals surface area contributed by atoms with E-state index in [0.29, 0.717) is 30.6 Å². The minimum atomic E-state index is -0.0292. The van der Waals surface area contributed by atoms with Crippen LogP contribution in [0.3, 0.4) is 0 Å². The first-order valence-electron chi connectivity index (χ1n) is 8.59. The Morgan fingerprint density at radius 1 is 1.39 bits per heavy atom. The fourth-order valence-electron chi connectivity index (χ4n) is 3.41. The molecule has 0 radical (unpaired) electrons. The van der Waals surface area contributed by atoms with Gasteiger partial charge in [0.2, 0.25) is 5.91 Å². The second kappa shape index (κ2) is 6.34. The Morgan fingerprint density at radius 3 is 2.74 bits per heavy atom. The SMILES string of the molecule is CC1CC(C(=O)NC2CCN(C(=O)c3cc(C(C)C)n[nH]3)C2)C1. The summed E-state index contributed by atoms with van der Waals surface area (Å²) in [5.74, 6) is 1.27. The van der Waals surface area contributed by atoms with Crippen molar-refractivity contribution in [1.29, 1.82) is 0 Å². The van der Waals surface area contributed by atoms with Gasteiger partial charge in [0.1, 0.15) is 5.69 Å². The Hall–Kier alpha value is -1.85. The predicted molar refractivity (Wildman–Crippen MR) is 87.0 cm³/mol. The highest BCUT2D eigenvalue weighted by Gasteiger charge is 2.34. The maximum atomic E-state index is 12.5. The summed E-state index contributed by atoms with van der Waals surface area (Å²) in [7, 11) is 0. The standard InChI is InChI=1S/C17H26N4O2/c1-10(2)14-8-15(20-19-14)17(23)21-5-4-13(9-21)18-16(22)12-6-11(3)7-12/h8,10-13H,4-7,9H2,1-3H3,(H,18,22)(H,19,20). The highest BCUT2D eigenvalue weighted by Crippen LogP contribution is 2.33. The van der Waals surface area contributed by atoms with Crippen LogP contribution in [0.5, 0.6) is 0 Å². The number of rotatable bonds is 4. The summed E-state index contributed by atoms with van der Waals surface area (Å²) < 4.78 is 0. The third-order valence-corrected chi connectivity index (χ3v) is 4.99. The molecule has 1 unspecified atom stereocenters. The summed E-state index contributed by atoms with van der Waals surface area (Å²) in [4.78, 5) is 26.4. The van der Waals surface area contributed by atoms with Gasteiger partial charge in [-0.3, -0.25) is 14.7 Å². The minimum Gasteiger partial charge on any atom is -0.351 e. The Balaban J connectivity index is 1.52. The molecule has 1 aliphatic heterocycles. The first kappa shape index (κ1) is 16.0. The van der Waals surface area contributed by atoms with Crippen LogP contribution in [0.25, 0.3) is 0 Å². The van der Waals surface area contributed by atoms with Crippen molar-refractivity contribution < 1.29 is 9.59 Å². The Morgan fingerprint density at radius 2 is 2.13 bits per heavy atom. The molecule has 1 aliphatic carbocycles. The van der Waals surface area contributed by atoms with Crippen molar-refractivity contribution in [3.05, 3.63) is 17.5 Å². The molecule has 1 atom stereocenters. The molecule has 126 valence electrons. The first-order valence-corrected chi connectivity index (χ1v) is 8.59. The third-order valence-electron chi connectivity index (χ3n) is 4.99. The molecule has 1 aromatic rings. The van der Waals surface area contributed by atoms with Crippen LogP contribution in [-0.4, -0.2) is 46.0 Å². The van der Waals surface area contributed by atoms with E-state index in [1.807, 2.05) is 19.9 Å². The lowest BCUT2D eigenvalue weighted by Crippen LogP contribution is -2.44. The molecular formula is C17H26N4O2. The largest absolute Gasteiger partial charge is 0.351 e. The van der Waals surface area contributed by atoms with E-state index in [-0.39, 0.29) is 23.8 Å². The fraction of sp³-hybridized carbons (Fsp3) is 0.706. The van der Waals surface area contributed by atoms with Crippen LogP contribution in [0.15, 0.2) is 6.07 Å². The minimum absolute atomic E-state index is 0.0292. The van der Waals surface area contributed by atoms with Crippen molar-refractivity contribution >= 4 is 11.8 Å². The van der Waals surface area contributed by atoms with Crippen LogP contribution >= 0.6 is 0 Å². The van der Waals surface area contributed by atoms with E-state index in [0.717, 1.165) is 25.0 Å². The average Bonchev–Trinajstić information content (AvgIpc) is 3.12. The molecule has 6 nitrogen and oxygen atoms in total. The number of nitrogens with zero attached hydrogens (tertiary/aromatic N) is 2. The maximum absolute atomic E-state index is 12.5. The van der Waals surface area contributed by atoms with Gasteiger partial charge in [-0.15, -0.1) is 0 Å². The van der Waals surface area contributed by atoms with Crippen molar-refractivity contribution in [2.24, 2.45) is 11.8 Å². The number of H-pyrrole nitrogens is 1. The van der Waals surface area contributed by atoms with Crippen molar-refractivity contribution in [1.82, 2.24) is 20.4 Å². The zero-order chi connectivity index (χ0) is 16.6. The third kappa shape index (κ3) is 3.41. The van der Waals surface area contributed by atoms with Gasteiger partial charge in [-0.05, 0) is 37.2 Å². The maximum Gasteiger partial charge on any atom is 0.271 e. The van der Waals surface area contributed by atoms with Crippen molar-refractivity contribution in [2.45, 2.75) is 52.0 Å². The molecule has 6 heteroatoms. The summed E-state index contributed by atoms with van der Waals surface area (Å²) in [6.07, 6.45) is 2.81. The second-order valence-corrected chi connectivity index (χ2v) is 7.38. The predicted octanol–water partition coefficient (Wildman–Crippen LogP) is 1.91. The van der Waals surface area contributed by atoms with Gasteiger partial charge in [0.15, 0.2) is 0 Å². The van der Waals surface area contributed by atoms with E-state index in [9.17, 15) is 9.59 Å². The smallest absolute Gasteiger partial charge is 0.271 e. The summed E-state index contributed by atoms with van der Waals surface area (Å²) in [6.45, 7) is 7.54.